The van der Waals surface area contributed by atoms with Crippen LogP contribution in [0.3, 0.4) is 0 Å². The van der Waals surface area contributed by atoms with E-state index >= 15 is 8.78 Å². The van der Waals surface area contributed by atoms with Crippen molar-refractivity contribution in [3.05, 3.63) is 66.9 Å². The summed E-state index contributed by atoms with van der Waals surface area (Å²) in [5.74, 6) is -2.18. The highest BCUT2D eigenvalue weighted by Gasteiger charge is 2.23. The smallest absolute Gasteiger partial charge is 0.247 e. The first kappa shape index (κ1) is 26.2. The molecule has 3 N–H and O–H groups in total. The molecule has 0 bridgehead atoms. The van der Waals surface area contributed by atoms with Gasteiger partial charge in [0.15, 0.2) is 11.6 Å². The first-order valence-corrected chi connectivity index (χ1v) is 12.4. The molecular formula is C27H28F2N8O2. The van der Waals surface area contributed by atoms with Crippen LogP contribution in [0, 0.1) is 11.6 Å². The second-order valence-corrected chi connectivity index (χ2v) is 9.01. The molecule has 39 heavy (non-hydrogen) atoms. The average Bonchev–Trinajstić information content (AvgIpc) is 3.38. The van der Waals surface area contributed by atoms with Gasteiger partial charge in [0.25, 0.3) is 0 Å². The molecule has 0 aliphatic carbocycles. The molecule has 0 radical (unpaired) electrons. The van der Waals surface area contributed by atoms with Crippen molar-refractivity contribution in [1.29, 1.82) is 0 Å². The predicted molar refractivity (Wildman–Crippen MR) is 146 cm³/mol. The molecule has 0 spiro atoms. The fourth-order valence-electron chi connectivity index (χ4n) is 4.45. The first-order valence-electron chi connectivity index (χ1n) is 12.4. The van der Waals surface area contributed by atoms with Gasteiger partial charge in [-0.25, -0.2) is 18.7 Å². The van der Waals surface area contributed by atoms with Crippen LogP contribution in [0.15, 0.2) is 55.3 Å². The highest BCUT2D eigenvalue weighted by Crippen LogP contribution is 2.31. The Kier molecular flexibility index (Phi) is 7.75. The number of amides is 1. The molecule has 0 unspecified atom stereocenters. The fourth-order valence-corrected chi connectivity index (χ4v) is 4.45. The summed E-state index contributed by atoms with van der Waals surface area (Å²) in [5.41, 5.74) is 2.95. The van der Waals surface area contributed by atoms with E-state index in [4.69, 9.17) is 4.74 Å². The number of fused-ring (bicyclic) bond motifs is 1. The maximum atomic E-state index is 15.1. The number of benzene rings is 2. The third kappa shape index (κ3) is 5.71. The number of nitrogens with zero attached hydrogens (tertiary/aromatic N) is 5. The number of anilines is 4. The third-order valence-electron chi connectivity index (χ3n) is 6.52. The van der Waals surface area contributed by atoms with E-state index in [0.29, 0.717) is 47.7 Å². The van der Waals surface area contributed by atoms with Crippen LogP contribution in [0.5, 0.6) is 0 Å². The van der Waals surface area contributed by atoms with Gasteiger partial charge in [0.1, 0.15) is 16.7 Å². The summed E-state index contributed by atoms with van der Waals surface area (Å²) in [6, 6.07) is 10.1. The monoisotopic (exact) mass is 534 g/mol. The summed E-state index contributed by atoms with van der Waals surface area (Å²) in [7, 11) is 1.66. The summed E-state index contributed by atoms with van der Waals surface area (Å²) < 4.78 is 35.3. The number of rotatable bonds is 9. The topological polar surface area (TPSA) is 111 Å². The Hall–Kier alpha value is -4.42. The van der Waals surface area contributed by atoms with E-state index in [1.165, 1.54) is 18.3 Å². The van der Waals surface area contributed by atoms with Crippen LogP contribution in [0.2, 0.25) is 0 Å². The number of carbonyl (C=O) groups is 1. The van der Waals surface area contributed by atoms with Crippen molar-refractivity contribution in [2.24, 2.45) is 0 Å². The summed E-state index contributed by atoms with van der Waals surface area (Å²) in [6.45, 7) is 7.57. The predicted octanol–water partition coefficient (Wildman–Crippen LogP) is 3.93. The molecule has 2 aromatic carbocycles. The second kappa shape index (κ2) is 11.5. The van der Waals surface area contributed by atoms with Crippen molar-refractivity contribution >= 4 is 40.0 Å². The molecule has 1 amide bonds. The van der Waals surface area contributed by atoms with Crippen molar-refractivity contribution in [2.75, 3.05) is 62.0 Å². The van der Waals surface area contributed by atoms with Gasteiger partial charge in [-0.05, 0) is 30.3 Å². The van der Waals surface area contributed by atoms with Gasteiger partial charge in [-0.1, -0.05) is 18.7 Å². The highest BCUT2D eigenvalue weighted by molar-refractivity contribution is 5.99. The fraction of sp³-hybridized carbons (Fsp3) is 0.259. The van der Waals surface area contributed by atoms with Crippen molar-refractivity contribution in [3.8, 4) is 11.3 Å². The number of aromatic amines is 1. The van der Waals surface area contributed by atoms with Gasteiger partial charge in [0.2, 0.25) is 11.9 Å². The van der Waals surface area contributed by atoms with Crippen LogP contribution in [0.25, 0.3) is 22.3 Å². The number of halogens is 2. The molecule has 1 aliphatic heterocycles. The largest absolute Gasteiger partial charge is 0.383 e. The molecule has 1 fully saturated rings. The zero-order chi connectivity index (χ0) is 27.4. The van der Waals surface area contributed by atoms with Gasteiger partial charge in [0.05, 0.1) is 24.2 Å². The van der Waals surface area contributed by atoms with E-state index in [-0.39, 0.29) is 23.2 Å². The number of hydrogen-bond acceptors (Lipinski definition) is 8. The molecule has 1 aliphatic rings. The van der Waals surface area contributed by atoms with Gasteiger partial charge in [-0.2, -0.15) is 5.10 Å². The quantitative estimate of drug-likeness (QED) is 0.277. The molecular weight excluding hydrogens is 506 g/mol. The van der Waals surface area contributed by atoms with Crippen LogP contribution in [-0.2, 0) is 9.53 Å². The van der Waals surface area contributed by atoms with Gasteiger partial charge < -0.3 is 20.3 Å². The Morgan fingerprint density at radius 2 is 2.00 bits per heavy atom. The molecule has 202 valence electrons. The molecule has 0 atom stereocenters. The van der Waals surface area contributed by atoms with Crippen LogP contribution in [0.1, 0.15) is 0 Å². The van der Waals surface area contributed by atoms with E-state index in [0.717, 1.165) is 19.6 Å². The van der Waals surface area contributed by atoms with E-state index in [1.807, 2.05) is 11.0 Å². The lowest BCUT2D eigenvalue weighted by atomic mass is 10.1. The molecule has 4 aromatic rings. The summed E-state index contributed by atoms with van der Waals surface area (Å²) in [4.78, 5) is 24.5. The minimum absolute atomic E-state index is 0.0755. The zero-order valence-electron chi connectivity index (χ0n) is 21.4. The van der Waals surface area contributed by atoms with Crippen molar-refractivity contribution in [1.82, 2.24) is 25.1 Å². The maximum Gasteiger partial charge on any atom is 0.247 e. The lowest BCUT2D eigenvalue weighted by molar-refractivity contribution is -0.111. The Balaban J connectivity index is 1.35. The molecule has 3 heterocycles. The minimum atomic E-state index is -1.00. The second-order valence-electron chi connectivity index (χ2n) is 9.01. The van der Waals surface area contributed by atoms with Crippen molar-refractivity contribution in [2.45, 2.75) is 0 Å². The number of aromatic nitrogens is 4. The van der Waals surface area contributed by atoms with Crippen LogP contribution in [0.4, 0.5) is 31.8 Å². The number of ether oxygens (including phenoxy) is 1. The molecule has 0 saturated carbocycles. The lowest BCUT2D eigenvalue weighted by Crippen LogP contribution is -2.47. The number of hydrogen-bond donors (Lipinski definition) is 3. The lowest BCUT2D eigenvalue weighted by Gasteiger charge is -2.36. The van der Waals surface area contributed by atoms with Crippen LogP contribution in [-0.4, -0.2) is 77.4 Å². The summed E-state index contributed by atoms with van der Waals surface area (Å²) in [5, 5.41) is 12.7. The average molecular weight is 535 g/mol. The number of H-pyrrole nitrogens is 1. The minimum Gasteiger partial charge on any atom is -0.383 e. The van der Waals surface area contributed by atoms with E-state index in [9.17, 15) is 4.79 Å². The highest BCUT2D eigenvalue weighted by atomic mass is 19.2. The van der Waals surface area contributed by atoms with Gasteiger partial charge in [-0.15, -0.1) is 0 Å². The molecule has 5 rings (SSSR count). The van der Waals surface area contributed by atoms with Gasteiger partial charge >= 0.3 is 0 Å². The normalized spacial score (nSPS) is 14.0. The Bertz CT molecular complexity index is 1500. The van der Waals surface area contributed by atoms with E-state index < -0.39 is 11.6 Å². The third-order valence-corrected chi connectivity index (χ3v) is 6.52. The van der Waals surface area contributed by atoms with Crippen LogP contribution < -0.4 is 15.5 Å². The first-order chi connectivity index (χ1) is 19.0. The van der Waals surface area contributed by atoms with E-state index in [1.54, 1.807) is 31.4 Å². The van der Waals surface area contributed by atoms with Gasteiger partial charge in [-0.3, -0.25) is 14.8 Å². The maximum absolute atomic E-state index is 15.1. The SMILES string of the molecule is C=CC(=O)Nc1cccc(-c2n[nH]c3cnc(Nc4ccc(N5CCN(CCOC)CC5)c(F)c4F)nc23)c1. The Labute approximate surface area is 223 Å². The van der Waals surface area contributed by atoms with Crippen molar-refractivity contribution in [3.63, 3.8) is 0 Å². The summed E-state index contributed by atoms with van der Waals surface area (Å²) >= 11 is 0. The standard InChI is InChI=1S/C27H28F2N8O2/c1-3-22(38)31-18-6-4-5-17(15-18)25-26-20(34-35-25)16-30-27(33-26)32-19-7-8-21(24(29)23(19)28)37-11-9-36(10-12-37)13-14-39-2/h3-8,15-16H,1,9-14H2,2H3,(H,31,38)(H,34,35)(H,30,32,33). The van der Waals surface area contributed by atoms with E-state index in [2.05, 4.69) is 42.3 Å². The number of methoxy groups -OCH3 is 1. The number of piperazine rings is 1. The molecule has 10 nitrogen and oxygen atoms in total. The number of nitrogens with one attached hydrogen (secondary N) is 3. The molecule has 1 saturated heterocycles. The van der Waals surface area contributed by atoms with Crippen LogP contribution >= 0.6 is 0 Å². The van der Waals surface area contributed by atoms with Crippen molar-refractivity contribution < 1.29 is 18.3 Å². The number of carbonyl (C=O) groups excluding carboxylic acids is 1. The summed E-state index contributed by atoms with van der Waals surface area (Å²) in [6.07, 6.45) is 2.69. The van der Waals surface area contributed by atoms with Gasteiger partial charge in [0, 0.05) is 51.1 Å². The Morgan fingerprint density at radius 1 is 1.18 bits per heavy atom. The molecule has 2 aromatic heterocycles. The zero-order valence-corrected chi connectivity index (χ0v) is 21.4. The molecule has 12 heteroatoms. The Morgan fingerprint density at radius 3 is 2.77 bits per heavy atom.